The van der Waals surface area contributed by atoms with Crippen LogP contribution < -0.4 is 10.5 Å². The number of aromatic hydroxyl groups is 1. The maximum absolute atomic E-state index is 9.49. The number of H-pyrrole nitrogens is 1. The van der Waals surface area contributed by atoms with Crippen LogP contribution in [0.25, 0.3) is 0 Å². The maximum atomic E-state index is 9.49. The van der Waals surface area contributed by atoms with Gasteiger partial charge in [0.25, 0.3) is 0 Å². The van der Waals surface area contributed by atoms with Gasteiger partial charge in [0.1, 0.15) is 17.4 Å². The van der Waals surface area contributed by atoms with Gasteiger partial charge in [-0.25, -0.2) is 0 Å². The van der Waals surface area contributed by atoms with Crippen molar-refractivity contribution in [1.82, 2.24) is 10.2 Å². The summed E-state index contributed by atoms with van der Waals surface area (Å²) in [5.41, 5.74) is 8.82. The predicted molar refractivity (Wildman–Crippen MR) is 80.1 cm³/mol. The molecule has 1 aliphatic rings. The summed E-state index contributed by atoms with van der Waals surface area (Å²) in [5, 5.41) is 26.1. The molecule has 6 heteroatoms. The number of hydrogen-bond acceptors (Lipinski definition) is 5. The number of nitriles is 1. The Morgan fingerprint density at radius 3 is 2.64 bits per heavy atom. The summed E-state index contributed by atoms with van der Waals surface area (Å²) < 4.78 is 5.48. The van der Waals surface area contributed by atoms with Crippen LogP contribution in [0.15, 0.2) is 35.7 Å². The molecule has 0 radical (unpaired) electrons. The van der Waals surface area contributed by atoms with E-state index in [0.717, 1.165) is 16.8 Å². The minimum absolute atomic E-state index is 0.0647. The van der Waals surface area contributed by atoms with E-state index in [9.17, 15) is 10.4 Å². The van der Waals surface area contributed by atoms with Crippen molar-refractivity contribution < 1.29 is 9.84 Å². The highest BCUT2D eigenvalue weighted by Crippen LogP contribution is 2.44. The summed E-state index contributed by atoms with van der Waals surface area (Å²) in [7, 11) is 0. The fraction of sp³-hybridized carbons (Fsp3) is 0.250. The number of nitrogens with two attached hydrogens (primary N) is 1. The van der Waals surface area contributed by atoms with E-state index in [1.54, 1.807) is 24.3 Å². The lowest BCUT2D eigenvalue weighted by atomic mass is 9.82. The van der Waals surface area contributed by atoms with Gasteiger partial charge in [-0.15, -0.1) is 5.10 Å². The number of hydrogen-bond donors (Lipinski definition) is 3. The van der Waals surface area contributed by atoms with Gasteiger partial charge in [0, 0.05) is 5.69 Å². The Labute approximate surface area is 127 Å². The smallest absolute Gasteiger partial charge is 0.244 e. The number of benzene rings is 1. The van der Waals surface area contributed by atoms with Crippen molar-refractivity contribution >= 4 is 0 Å². The van der Waals surface area contributed by atoms with E-state index in [4.69, 9.17) is 10.5 Å². The molecular weight excluding hydrogens is 280 g/mol. The van der Waals surface area contributed by atoms with Crippen LogP contribution in [0.1, 0.15) is 42.5 Å². The van der Waals surface area contributed by atoms with E-state index in [2.05, 4.69) is 16.3 Å². The monoisotopic (exact) mass is 296 g/mol. The van der Waals surface area contributed by atoms with Gasteiger partial charge in [-0.05, 0) is 23.6 Å². The van der Waals surface area contributed by atoms with Crippen molar-refractivity contribution in [3.8, 4) is 17.7 Å². The van der Waals surface area contributed by atoms with Crippen LogP contribution in [0.5, 0.6) is 11.6 Å². The SMILES string of the molecule is CC(C)c1[nH]nc2c1[C@@H](c1ccc(O)cc1)C(C#N)=C(N)O2. The molecule has 2 aromatic rings. The van der Waals surface area contributed by atoms with E-state index in [-0.39, 0.29) is 23.5 Å². The van der Waals surface area contributed by atoms with Crippen molar-refractivity contribution in [2.45, 2.75) is 25.7 Å². The molecule has 1 aromatic heterocycles. The lowest BCUT2D eigenvalue weighted by molar-refractivity contribution is 0.378. The number of phenolic OH excluding ortho intramolecular Hbond substituents is 1. The average molecular weight is 296 g/mol. The van der Waals surface area contributed by atoms with Gasteiger partial charge in [-0.2, -0.15) is 5.26 Å². The minimum atomic E-state index is -0.356. The molecule has 0 saturated heterocycles. The number of phenols is 1. The number of aromatic nitrogens is 2. The molecular formula is C16H16N4O2. The van der Waals surface area contributed by atoms with Crippen molar-refractivity contribution in [2.75, 3.05) is 0 Å². The van der Waals surface area contributed by atoms with E-state index in [1.165, 1.54) is 0 Å². The first-order chi connectivity index (χ1) is 10.5. The number of fused-ring (bicyclic) bond motifs is 1. The minimum Gasteiger partial charge on any atom is -0.508 e. The molecule has 0 amide bonds. The van der Waals surface area contributed by atoms with Crippen molar-refractivity contribution in [2.24, 2.45) is 5.73 Å². The first kappa shape index (κ1) is 14.0. The summed E-state index contributed by atoms with van der Waals surface area (Å²) >= 11 is 0. The Balaban J connectivity index is 2.23. The highest BCUT2D eigenvalue weighted by atomic mass is 16.5. The van der Waals surface area contributed by atoms with Crippen LogP contribution in [0.4, 0.5) is 0 Å². The zero-order chi connectivity index (χ0) is 15.9. The number of allylic oxidation sites excluding steroid dienone is 1. The number of nitrogens with one attached hydrogen (secondary N) is 1. The van der Waals surface area contributed by atoms with Gasteiger partial charge in [0.05, 0.1) is 11.5 Å². The Bertz CT molecular complexity index is 781. The van der Waals surface area contributed by atoms with Gasteiger partial charge in [-0.3, -0.25) is 5.10 Å². The molecule has 0 spiro atoms. The molecule has 2 heterocycles. The molecule has 0 aliphatic carbocycles. The predicted octanol–water partition coefficient (Wildman–Crippen LogP) is 2.46. The van der Waals surface area contributed by atoms with Gasteiger partial charge in [0.2, 0.25) is 11.8 Å². The highest BCUT2D eigenvalue weighted by Gasteiger charge is 2.35. The summed E-state index contributed by atoms with van der Waals surface area (Å²) in [6.45, 7) is 4.07. The summed E-state index contributed by atoms with van der Waals surface area (Å²) in [6.07, 6.45) is 0. The third-order valence-electron chi connectivity index (χ3n) is 3.77. The normalized spacial score (nSPS) is 17.1. The quantitative estimate of drug-likeness (QED) is 0.789. The van der Waals surface area contributed by atoms with Crippen LogP contribution in [0.2, 0.25) is 0 Å². The molecule has 1 atom stereocenters. The molecule has 0 bridgehead atoms. The second kappa shape index (κ2) is 5.11. The van der Waals surface area contributed by atoms with Crippen molar-refractivity contribution in [3.05, 3.63) is 52.5 Å². The molecule has 1 aliphatic heterocycles. The fourth-order valence-corrected chi connectivity index (χ4v) is 2.71. The summed E-state index contributed by atoms with van der Waals surface area (Å²) in [6, 6.07) is 8.86. The molecule has 0 unspecified atom stereocenters. The molecule has 22 heavy (non-hydrogen) atoms. The van der Waals surface area contributed by atoms with E-state index in [0.29, 0.717) is 11.5 Å². The molecule has 112 valence electrons. The lowest BCUT2D eigenvalue weighted by Gasteiger charge is -2.24. The van der Waals surface area contributed by atoms with Gasteiger partial charge in [0.15, 0.2) is 0 Å². The topological polar surface area (TPSA) is 108 Å². The Morgan fingerprint density at radius 1 is 1.36 bits per heavy atom. The highest BCUT2D eigenvalue weighted by molar-refractivity contribution is 5.55. The van der Waals surface area contributed by atoms with E-state index < -0.39 is 0 Å². The largest absolute Gasteiger partial charge is 0.508 e. The van der Waals surface area contributed by atoms with Gasteiger partial charge >= 0.3 is 0 Å². The number of nitrogens with zero attached hydrogens (tertiary/aromatic N) is 2. The second-order valence-electron chi connectivity index (χ2n) is 5.53. The lowest BCUT2D eigenvalue weighted by Crippen LogP contribution is -2.21. The molecule has 4 N–H and O–H groups in total. The van der Waals surface area contributed by atoms with Crippen molar-refractivity contribution in [1.29, 1.82) is 5.26 Å². The second-order valence-corrected chi connectivity index (χ2v) is 5.53. The fourth-order valence-electron chi connectivity index (χ4n) is 2.71. The molecule has 0 saturated carbocycles. The van der Waals surface area contributed by atoms with Gasteiger partial charge in [-0.1, -0.05) is 26.0 Å². The Morgan fingerprint density at radius 2 is 2.05 bits per heavy atom. The summed E-state index contributed by atoms with van der Waals surface area (Å²) in [4.78, 5) is 0. The van der Waals surface area contributed by atoms with Crippen LogP contribution in [0, 0.1) is 11.3 Å². The maximum Gasteiger partial charge on any atom is 0.244 e. The van der Waals surface area contributed by atoms with Crippen molar-refractivity contribution in [3.63, 3.8) is 0 Å². The number of ether oxygens (including phenoxy) is 1. The van der Waals surface area contributed by atoms with Crippen LogP contribution in [0.3, 0.4) is 0 Å². The zero-order valence-electron chi connectivity index (χ0n) is 12.3. The van der Waals surface area contributed by atoms with E-state index >= 15 is 0 Å². The molecule has 3 rings (SSSR count). The third-order valence-corrected chi connectivity index (χ3v) is 3.77. The average Bonchev–Trinajstić information content (AvgIpc) is 2.90. The zero-order valence-corrected chi connectivity index (χ0v) is 12.3. The summed E-state index contributed by atoms with van der Waals surface area (Å²) in [5.74, 6) is 0.472. The van der Waals surface area contributed by atoms with Gasteiger partial charge < -0.3 is 15.6 Å². The number of rotatable bonds is 2. The molecule has 1 aromatic carbocycles. The van der Waals surface area contributed by atoms with E-state index in [1.807, 2.05) is 13.8 Å². The van der Waals surface area contributed by atoms with Crippen LogP contribution in [-0.4, -0.2) is 15.3 Å². The standard InChI is InChI=1S/C16H16N4O2/c1-8(2)14-13-12(9-3-5-10(21)6-4-9)11(7-17)15(18)22-16(13)20-19-14/h3-6,8,12,21H,18H2,1-2H3,(H,19,20)/t12-/m0/s1. The molecule has 0 fully saturated rings. The van der Waals surface area contributed by atoms with Crippen LogP contribution >= 0.6 is 0 Å². The first-order valence-electron chi connectivity index (χ1n) is 6.97. The molecule has 6 nitrogen and oxygen atoms in total. The number of aromatic amines is 1. The first-order valence-corrected chi connectivity index (χ1v) is 6.97. The Hall–Kier alpha value is -2.94. The third kappa shape index (κ3) is 2.07. The van der Waals surface area contributed by atoms with Crippen LogP contribution in [-0.2, 0) is 0 Å². The Kier molecular flexibility index (Phi) is 3.26.